The number of carbonyl (C=O) groups excluding carboxylic acids is 1. The molecule has 0 aromatic rings. The first-order valence-corrected chi connectivity index (χ1v) is 10.2. The van der Waals surface area contributed by atoms with Crippen LogP contribution < -0.4 is 0 Å². The summed E-state index contributed by atoms with van der Waals surface area (Å²) in [5.41, 5.74) is -0.300. The average Bonchev–Trinajstić information content (AvgIpc) is 3.06. The molecule has 1 heterocycles. The molecular formula is C20H31BrO3. The maximum Gasteiger partial charge on any atom is 0.173 e. The second-order valence-corrected chi connectivity index (χ2v) is 9.85. The average molecular weight is 399 g/mol. The van der Waals surface area contributed by atoms with E-state index in [0.717, 1.165) is 25.7 Å². The first-order chi connectivity index (χ1) is 11.2. The topological polar surface area (TPSA) is 35.5 Å². The summed E-state index contributed by atoms with van der Waals surface area (Å²) in [4.78, 5) is 13.1. The molecule has 0 radical (unpaired) electrons. The maximum absolute atomic E-state index is 13.4. The number of hydrogen-bond acceptors (Lipinski definition) is 3. The Bertz CT molecular complexity index is 525. The Labute approximate surface area is 154 Å². The van der Waals surface area contributed by atoms with E-state index in [-0.39, 0.29) is 21.6 Å². The van der Waals surface area contributed by atoms with Gasteiger partial charge < -0.3 is 9.47 Å². The zero-order chi connectivity index (χ0) is 17.8. The number of hydrogen-bond donors (Lipinski definition) is 0. The number of halogens is 1. The van der Waals surface area contributed by atoms with E-state index in [1.54, 1.807) is 0 Å². The van der Waals surface area contributed by atoms with Crippen LogP contribution in [0, 0.1) is 28.6 Å². The molecule has 4 heteroatoms. The lowest BCUT2D eigenvalue weighted by Crippen LogP contribution is -2.48. The van der Waals surface area contributed by atoms with Crippen molar-refractivity contribution in [2.24, 2.45) is 28.6 Å². The summed E-state index contributed by atoms with van der Waals surface area (Å²) >= 11 is 3.81. The van der Waals surface area contributed by atoms with Gasteiger partial charge in [0.1, 0.15) is 0 Å². The first kappa shape index (κ1) is 18.6. The molecule has 0 amide bonds. The monoisotopic (exact) mass is 398 g/mol. The van der Waals surface area contributed by atoms with E-state index in [2.05, 4.69) is 50.2 Å². The molecule has 0 N–H and O–H groups in total. The minimum Gasteiger partial charge on any atom is -0.347 e. The highest BCUT2D eigenvalue weighted by Crippen LogP contribution is 2.65. The largest absolute Gasteiger partial charge is 0.347 e. The molecule has 3 aliphatic rings. The van der Waals surface area contributed by atoms with Gasteiger partial charge in [0.25, 0.3) is 0 Å². The Morgan fingerprint density at radius 2 is 1.92 bits per heavy atom. The first-order valence-electron chi connectivity index (χ1n) is 9.27. The maximum atomic E-state index is 13.4. The van der Waals surface area contributed by atoms with Crippen LogP contribution in [-0.2, 0) is 14.3 Å². The van der Waals surface area contributed by atoms with Gasteiger partial charge in [0.15, 0.2) is 11.6 Å². The standard InChI is InChI=1S/C20H31BrO3/c1-6-7-18(4)8-9-19(5)14(13(2)3)12-20(23-10-11-24-20)16(19)15(21)17(18)22/h6,13-16H,1,7-12H2,2-5H3/t14-,15+,16+,18-,19-/m1/s1. The van der Waals surface area contributed by atoms with E-state index in [0.29, 0.717) is 30.8 Å². The Hall–Kier alpha value is -0.190. The lowest BCUT2D eigenvalue weighted by atomic mass is 9.66. The van der Waals surface area contributed by atoms with Crippen LogP contribution >= 0.6 is 15.9 Å². The Kier molecular flexibility index (Phi) is 4.81. The molecular weight excluding hydrogens is 368 g/mol. The summed E-state index contributed by atoms with van der Waals surface area (Å²) in [5.74, 6) is 0.813. The van der Waals surface area contributed by atoms with Gasteiger partial charge in [-0.1, -0.05) is 49.7 Å². The van der Waals surface area contributed by atoms with Crippen molar-refractivity contribution in [3.8, 4) is 0 Å². The molecule has 1 spiro atoms. The molecule has 1 aliphatic heterocycles. The van der Waals surface area contributed by atoms with Gasteiger partial charge in [-0.3, -0.25) is 4.79 Å². The van der Waals surface area contributed by atoms with E-state index in [9.17, 15) is 4.79 Å². The fourth-order valence-electron chi connectivity index (χ4n) is 5.74. The molecule has 1 saturated heterocycles. The van der Waals surface area contributed by atoms with Crippen molar-refractivity contribution in [2.75, 3.05) is 13.2 Å². The van der Waals surface area contributed by atoms with Crippen molar-refractivity contribution in [3.63, 3.8) is 0 Å². The third-order valence-corrected chi connectivity index (χ3v) is 8.01. The number of carbonyl (C=O) groups is 1. The van der Waals surface area contributed by atoms with Crippen LogP contribution in [0.4, 0.5) is 0 Å². The SMILES string of the molecule is C=CC[C@]1(C)CC[C@]2(C)[C@@H](C(C)C)CC3(OCCO3)[C@H]2[C@H](Br)C1=O. The molecule has 0 aromatic heterocycles. The predicted octanol–water partition coefficient (Wildman–Crippen LogP) is 4.74. The van der Waals surface area contributed by atoms with E-state index in [1.165, 1.54) is 0 Å². The van der Waals surface area contributed by atoms with Gasteiger partial charge in [-0.2, -0.15) is 0 Å². The highest BCUT2D eigenvalue weighted by Gasteiger charge is 2.68. The van der Waals surface area contributed by atoms with Crippen LogP contribution in [-0.4, -0.2) is 29.6 Å². The Morgan fingerprint density at radius 1 is 1.29 bits per heavy atom. The number of rotatable bonds is 3. The van der Waals surface area contributed by atoms with Gasteiger partial charge in [-0.05, 0) is 36.5 Å². The van der Waals surface area contributed by atoms with E-state index < -0.39 is 5.79 Å². The minimum absolute atomic E-state index is 0.0429. The van der Waals surface area contributed by atoms with Gasteiger partial charge in [0.2, 0.25) is 0 Å². The molecule has 3 fully saturated rings. The summed E-state index contributed by atoms with van der Waals surface area (Å²) in [6, 6.07) is 0. The quantitative estimate of drug-likeness (QED) is 0.508. The van der Waals surface area contributed by atoms with Gasteiger partial charge in [0.05, 0.1) is 18.0 Å². The summed E-state index contributed by atoms with van der Waals surface area (Å²) < 4.78 is 12.4. The van der Waals surface area contributed by atoms with E-state index in [1.807, 2.05) is 6.08 Å². The molecule has 0 aromatic carbocycles. The summed E-state index contributed by atoms with van der Waals surface area (Å²) in [6.45, 7) is 14.2. The lowest BCUT2D eigenvalue weighted by molar-refractivity contribution is -0.193. The van der Waals surface area contributed by atoms with Crippen molar-refractivity contribution in [1.82, 2.24) is 0 Å². The second-order valence-electron chi connectivity index (χ2n) is 8.87. The molecule has 3 nitrogen and oxygen atoms in total. The predicted molar refractivity (Wildman–Crippen MR) is 99.1 cm³/mol. The van der Waals surface area contributed by atoms with Crippen LogP contribution in [0.15, 0.2) is 12.7 Å². The van der Waals surface area contributed by atoms with Crippen molar-refractivity contribution in [2.45, 2.75) is 64.0 Å². The van der Waals surface area contributed by atoms with Crippen molar-refractivity contribution >= 4 is 21.7 Å². The minimum atomic E-state index is -0.590. The number of ketones is 1. The smallest absolute Gasteiger partial charge is 0.173 e. The second kappa shape index (κ2) is 6.21. The van der Waals surface area contributed by atoms with Crippen LogP contribution in [0.2, 0.25) is 0 Å². The van der Waals surface area contributed by atoms with Crippen LogP contribution in [0.5, 0.6) is 0 Å². The van der Waals surface area contributed by atoms with Crippen molar-refractivity contribution in [1.29, 1.82) is 0 Å². The van der Waals surface area contributed by atoms with Crippen molar-refractivity contribution < 1.29 is 14.3 Å². The number of Topliss-reactive ketones (excluding diaryl/α,β-unsaturated/α-hetero) is 1. The molecule has 3 rings (SSSR count). The number of ether oxygens (including phenoxy) is 2. The van der Waals surface area contributed by atoms with Gasteiger partial charge in [-0.15, -0.1) is 6.58 Å². The summed E-state index contributed by atoms with van der Waals surface area (Å²) in [7, 11) is 0. The van der Waals surface area contributed by atoms with Crippen LogP contribution in [0.3, 0.4) is 0 Å². The van der Waals surface area contributed by atoms with Crippen LogP contribution in [0.1, 0.15) is 53.4 Å². The highest BCUT2D eigenvalue weighted by molar-refractivity contribution is 9.10. The molecule has 136 valence electrons. The zero-order valence-corrected chi connectivity index (χ0v) is 17.0. The molecule has 2 aliphatic carbocycles. The van der Waals surface area contributed by atoms with Crippen LogP contribution in [0.25, 0.3) is 0 Å². The molecule has 5 atom stereocenters. The number of fused-ring (bicyclic) bond motifs is 2. The lowest BCUT2D eigenvalue weighted by Gasteiger charge is -2.41. The number of allylic oxidation sites excluding steroid dienone is 1. The van der Waals surface area contributed by atoms with Gasteiger partial charge in [-0.25, -0.2) is 0 Å². The highest BCUT2D eigenvalue weighted by atomic mass is 79.9. The zero-order valence-electron chi connectivity index (χ0n) is 15.4. The van der Waals surface area contributed by atoms with Crippen molar-refractivity contribution in [3.05, 3.63) is 12.7 Å². The molecule has 2 saturated carbocycles. The fourth-order valence-corrected chi connectivity index (χ4v) is 7.30. The molecule has 0 unspecified atom stereocenters. The molecule has 0 bridgehead atoms. The van der Waals surface area contributed by atoms with Gasteiger partial charge >= 0.3 is 0 Å². The molecule has 24 heavy (non-hydrogen) atoms. The third kappa shape index (κ3) is 2.55. The Morgan fingerprint density at radius 3 is 2.46 bits per heavy atom. The fraction of sp³-hybridized carbons (Fsp3) is 0.850. The summed E-state index contributed by atoms with van der Waals surface area (Å²) in [6.07, 6.45) is 5.47. The third-order valence-electron chi connectivity index (χ3n) is 7.06. The number of alkyl halides is 1. The Balaban J connectivity index is 2.07. The van der Waals surface area contributed by atoms with Gasteiger partial charge in [0, 0.05) is 17.8 Å². The normalized spacial score (nSPS) is 44.8. The van der Waals surface area contributed by atoms with E-state index in [4.69, 9.17) is 9.47 Å². The van der Waals surface area contributed by atoms with E-state index >= 15 is 0 Å². The summed E-state index contributed by atoms with van der Waals surface area (Å²) in [5, 5.41) is 0.